The molecule has 1 aliphatic rings. The lowest BCUT2D eigenvalue weighted by Crippen LogP contribution is -2.31. The number of methoxy groups -OCH3 is 1. The van der Waals surface area contributed by atoms with E-state index < -0.39 is 0 Å². The molecule has 4 rings (SSSR count). The Morgan fingerprint density at radius 2 is 1.65 bits per heavy atom. The summed E-state index contributed by atoms with van der Waals surface area (Å²) in [6.45, 7) is 10.3. The first-order valence-electron chi connectivity index (χ1n) is 13.8. The quantitative estimate of drug-likeness (QED) is 0.261. The van der Waals surface area contributed by atoms with Crippen LogP contribution in [0.15, 0.2) is 89.7 Å². The summed E-state index contributed by atoms with van der Waals surface area (Å²) in [5, 5.41) is 4.23. The molecule has 3 aromatic rings. The maximum atomic E-state index is 12.7. The van der Waals surface area contributed by atoms with Crippen LogP contribution in [-0.4, -0.2) is 49.7 Å². The van der Waals surface area contributed by atoms with Gasteiger partial charge in [0, 0.05) is 53.8 Å². The third kappa shape index (κ3) is 5.78. The number of amides is 2. The zero-order valence-corrected chi connectivity index (χ0v) is 24.0. The van der Waals surface area contributed by atoms with E-state index in [4.69, 9.17) is 4.74 Å². The minimum absolute atomic E-state index is 0.0455. The second-order valence-electron chi connectivity index (χ2n) is 9.95. The van der Waals surface area contributed by atoms with Crippen LogP contribution in [0.2, 0.25) is 0 Å². The largest absolute Gasteiger partial charge is 0.497 e. The van der Waals surface area contributed by atoms with Crippen molar-refractivity contribution < 1.29 is 14.3 Å². The first-order chi connectivity index (χ1) is 19.4. The molecule has 208 valence electrons. The molecule has 0 saturated heterocycles. The molecule has 2 amide bonds. The van der Waals surface area contributed by atoms with Gasteiger partial charge in [-0.2, -0.15) is 5.10 Å². The number of carbonyl (C=O) groups excluding carboxylic acids is 2. The molecule has 0 aliphatic carbocycles. The van der Waals surface area contributed by atoms with Crippen LogP contribution in [0.1, 0.15) is 59.5 Å². The number of hydrazone groups is 1. The number of benzene rings is 3. The Hall–Kier alpha value is -4.39. The standard InChI is InChI=1S/C33H38N4O3/c1-6-36(7-2)32(39)26-16-14-25(15-17-26)31(38)35-34-21-20-30-33(4,23-24-12-10-9-11-13-24)28-22-27(40-5)18-19-29(28)37(30)8-3/h9-22H,6-8,23H2,1-5H3,(H,35,38)/b30-20-,34-21+. The van der Waals surface area contributed by atoms with E-state index >= 15 is 0 Å². The molecule has 0 bridgehead atoms. The monoisotopic (exact) mass is 538 g/mol. The van der Waals surface area contributed by atoms with Gasteiger partial charge in [-0.25, -0.2) is 5.43 Å². The van der Waals surface area contributed by atoms with Crippen LogP contribution in [0.25, 0.3) is 0 Å². The lowest BCUT2D eigenvalue weighted by molar-refractivity contribution is 0.0772. The fourth-order valence-electron chi connectivity index (χ4n) is 5.42. The lowest BCUT2D eigenvalue weighted by Gasteiger charge is -2.30. The Morgan fingerprint density at radius 3 is 2.27 bits per heavy atom. The van der Waals surface area contributed by atoms with Gasteiger partial charge in [-0.05, 0) is 93.8 Å². The van der Waals surface area contributed by atoms with Gasteiger partial charge in [0.1, 0.15) is 5.75 Å². The molecule has 7 nitrogen and oxygen atoms in total. The predicted molar refractivity (Wildman–Crippen MR) is 161 cm³/mol. The second kappa shape index (κ2) is 12.6. The molecule has 1 aliphatic heterocycles. The highest BCUT2D eigenvalue weighted by atomic mass is 16.5. The molecular weight excluding hydrogens is 500 g/mol. The zero-order chi connectivity index (χ0) is 28.7. The van der Waals surface area contributed by atoms with Crippen LogP contribution in [0.4, 0.5) is 5.69 Å². The van der Waals surface area contributed by atoms with Gasteiger partial charge >= 0.3 is 0 Å². The van der Waals surface area contributed by atoms with Crippen LogP contribution >= 0.6 is 0 Å². The van der Waals surface area contributed by atoms with Gasteiger partial charge < -0.3 is 14.5 Å². The van der Waals surface area contributed by atoms with Crippen molar-refractivity contribution in [3.8, 4) is 5.75 Å². The maximum Gasteiger partial charge on any atom is 0.271 e. The number of ether oxygens (including phenoxy) is 1. The van der Waals surface area contributed by atoms with Crippen molar-refractivity contribution in [2.24, 2.45) is 5.10 Å². The summed E-state index contributed by atoms with van der Waals surface area (Å²) in [6.07, 6.45) is 4.42. The first-order valence-corrected chi connectivity index (χ1v) is 13.8. The minimum Gasteiger partial charge on any atom is -0.497 e. The first kappa shape index (κ1) is 28.6. The molecule has 7 heteroatoms. The average molecular weight is 539 g/mol. The van der Waals surface area contributed by atoms with Gasteiger partial charge in [0.2, 0.25) is 0 Å². The van der Waals surface area contributed by atoms with Gasteiger partial charge in [-0.3, -0.25) is 9.59 Å². The molecule has 0 aromatic heterocycles. The highest BCUT2D eigenvalue weighted by molar-refractivity contribution is 5.98. The van der Waals surface area contributed by atoms with Crippen molar-refractivity contribution in [2.45, 2.75) is 39.5 Å². The summed E-state index contributed by atoms with van der Waals surface area (Å²) in [7, 11) is 1.69. The maximum absolute atomic E-state index is 12.7. The fraction of sp³-hybridized carbons (Fsp3) is 0.303. The van der Waals surface area contributed by atoms with E-state index in [9.17, 15) is 9.59 Å². The van der Waals surface area contributed by atoms with Gasteiger partial charge in [0.15, 0.2) is 0 Å². The Morgan fingerprint density at radius 1 is 0.975 bits per heavy atom. The molecule has 40 heavy (non-hydrogen) atoms. The van der Waals surface area contributed by atoms with Crippen molar-refractivity contribution in [1.29, 1.82) is 0 Å². The number of hydrogen-bond acceptors (Lipinski definition) is 5. The number of rotatable bonds is 10. The number of nitrogens with zero attached hydrogens (tertiary/aromatic N) is 3. The smallest absolute Gasteiger partial charge is 0.271 e. The molecule has 1 unspecified atom stereocenters. The SMILES string of the molecule is CCN(CC)C(=O)c1ccc(C(=O)N/N=C/C=C2\N(CC)c3ccc(OC)cc3C2(C)Cc2ccccc2)cc1. The predicted octanol–water partition coefficient (Wildman–Crippen LogP) is 5.82. The average Bonchev–Trinajstić information content (AvgIpc) is 3.22. The molecule has 0 fully saturated rings. The van der Waals surface area contributed by atoms with E-state index in [2.05, 4.69) is 65.7 Å². The Bertz CT molecular complexity index is 1390. The lowest BCUT2D eigenvalue weighted by atomic mass is 9.76. The fourth-order valence-corrected chi connectivity index (χ4v) is 5.42. The Balaban J connectivity index is 1.56. The summed E-state index contributed by atoms with van der Waals surface area (Å²) in [5.41, 5.74) is 7.95. The van der Waals surface area contributed by atoms with Crippen LogP contribution in [0, 0.1) is 0 Å². The molecule has 0 spiro atoms. The highest BCUT2D eigenvalue weighted by Crippen LogP contribution is 2.50. The third-order valence-corrected chi connectivity index (χ3v) is 7.58. The summed E-state index contributed by atoms with van der Waals surface area (Å²) in [5.74, 6) is 0.437. The van der Waals surface area contributed by atoms with Crippen molar-refractivity contribution in [3.63, 3.8) is 0 Å². The van der Waals surface area contributed by atoms with E-state index in [0.717, 1.165) is 30.1 Å². The molecule has 1 heterocycles. The zero-order valence-electron chi connectivity index (χ0n) is 24.0. The van der Waals surface area contributed by atoms with Gasteiger partial charge in [-0.1, -0.05) is 30.3 Å². The van der Waals surface area contributed by atoms with Crippen LogP contribution in [0.3, 0.4) is 0 Å². The van der Waals surface area contributed by atoms with E-state index in [1.54, 1.807) is 42.5 Å². The van der Waals surface area contributed by atoms with Crippen molar-refractivity contribution in [2.75, 3.05) is 31.6 Å². The third-order valence-electron chi connectivity index (χ3n) is 7.58. The van der Waals surface area contributed by atoms with E-state index in [1.807, 2.05) is 32.1 Å². The highest BCUT2D eigenvalue weighted by Gasteiger charge is 2.43. The summed E-state index contributed by atoms with van der Waals surface area (Å²) < 4.78 is 5.56. The van der Waals surface area contributed by atoms with E-state index in [1.165, 1.54) is 11.1 Å². The number of likely N-dealkylation sites (N-methyl/N-ethyl adjacent to an activating group) is 1. The normalized spacial score (nSPS) is 17.2. The second-order valence-corrected chi connectivity index (χ2v) is 9.95. The molecule has 0 radical (unpaired) electrons. The molecular formula is C33H38N4O3. The van der Waals surface area contributed by atoms with Gasteiger partial charge in [0.05, 0.1) is 7.11 Å². The molecule has 1 N–H and O–H groups in total. The Labute approximate surface area is 237 Å². The number of carbonyl (C=O) groups is 2. The number of allylic oxidation sites excluding steroid dienone is 2. The number of nitrogens with one attached hydrogen (secondary N) is 1. The van der Waals surface area contributed by atoms with E-state index in [-0.39, 0.29) is 17.2 Å². The van der Waals surface area contributed by atoms with Crippen molar-refractivity contribution in [1.82, 2.24) is 10.3 Å². The minimum atomic E-state index is -0.338. The van der Waals surface area contributed by atoms with Crippen molar-refractivity contribution >= 4 is 23.7 Å². The molecule has 0 saturated carbocycles. The van der Waals surface area contributed by atoms with Gasteiger partial charge in [-0.15, -0.1) is 0 Å². The van der Waals surface area contributed by atoms with Crippen LogP contribution in [-0.2, 0) is 11.8 Å². The number of fused-ring (bicyclic) bond motifs is 1. The number of anilines is 1. The summed E-state index contributed by atoms with van der Waals surface area (Å²) >= 11 is 0. The van der Waals surface area contributed by atoms with Crippen molar-refractivity contribution in [3.05, 3.63) is 107 Å². The van der Waals surface area contributed by atoms with Gasteiger partial charge in [0.25, 0.3) is 11.8 Å². The number of hydrogen-bond donors (Lipinski definition) is 1. The Kier molecular flexibility index (Phi) is 9.04. The van der Waals surface area contributed by atoms with Crippen LogP contribution in [0.5, 0.6) is 5.75 Å². The summed E-state index contributed by atoms with van der Waals surface area (Å²) in [4.78, 5) is 29.3. The van der Waals surface area contributed by atoms with Crippen LogP contribution < -0.4 is 15.1 Å². The summed E-state index contributed by atoms with van der Waals surface area (Å²) in [6, 6.07) is 23.3. The molecule has 1 atom stereocenters. The van der Waals surface area contributed by atoms with E-state index in [0.29, 0.717) is 24.2 Å². The topological polar surface area (TPSA) is 74.2 Å². The molecule has 3 aromatic carbocycles.